The zero-order valence-electron chi connectivity index (χ0n) is 11.4. The smallest absolute Gasteiger partial charge is 0.134 e. The first-order chi connectivity index (χ1) is 8.76. The van der Waals surface area contributed by atoms with Crippen molar-refractivity contribution in [3.63, 3.8) is 0 Å². The number of hydrogen-bond acceptors (Lipinski definition) is 3. The van der Waals surface area contributed by atoms with Crippen LogP contribution in [0.2, 0.25) is 0 Å². The van der Waals surface area contributed by atoms with E-state index in [1.165, 1.54) is 44.2 Å². The zero-order valence-corrected chi connectivity index (χ0v) is 11.4. The van der Waals surface area contributed by atoms with Gasteiger partial charge in [-0.25, -0.2) is 9.97 Å². The molecule has 3 rings (SSSR count). The van der Waals surface area contributed by atoms with Crippen molar-refractivity contribution in [1.82, 2.24) is 9.97 Å². The maximum absolute atomic E-state index is 4.84. The molecule has 1 aromatic rings. The van der Waals surface area contributed by atoms with E-state index in [2.05, 4.69) is 23.3 Å². The summed E-state index contributed by atoms with van der Waals surface area (Å²) in [6, 6.07) is 2.13. The van der Waals surface area contributed by atoms with Gasteiger partial charge in [0.1, 0.15) is 11.6 Å². The van der Waals surface area contributed by atoms with Crippen LogP contribution in [0.1, 0.15) is 68.8 Å². The molecule has 18 heavy (non-hydrogen) atoms. The quantitative estimate of drug-likeness (QED) is 0.882. The summed E-state index contributed by atoms with van der Waals surface area (Å²) < 4.78 is 0. The monoisotopic (exact) mass is 245 g/mol. The second-order valence-electron chi connectivity index (χ2n) is 6.02. The molecule has 1 N–H and O–H groups in total. The fourth-order valence-corrected chi connectivity index (χ4v) is 2.90. The molecule has 0 radical (unpaired) electrons. The van der Waals surface area contributed by atoms with Crippen molar-refractivity contribution in [3.8, 4) is 0 Å². The predicted molar refractivity (Wildman–Crippen MR) is 73.9 cm³/mol. The highest BCUT2D eigenvalue weighted by Gasteiger charge is 2.28. The largest absolute Gasteiger partial charge is 0.373 e. The van der Waals surface area contributed by atoms with E-state index in [0.29, 0.717) is 11.8 Å². The molecule has 0 spiro atoms. The third-order valence-corrected chi connectivity index (χ3v) is 4.40. The van der Waals surface area contributed by atoms with Gasteiger partial charge in [0.15, 0.2) is 0 Å². The van der Waals surface area contributed by atoms with Gasteiger partial charge in [-0.15, -0.1) is 0 Å². The van der Waals surface area contributed by atoms with Crippen LogP contribution in [0, 0.1) is 5.92 Å². The summed E-state index contributed by atoms with van der Waals surface area (Å²) in [6.45, 7) is 2.36. The summed E-state index contributed by atoms with van der Waals surface area (Å²) in [4.78, 5) is 9.53. The highest BCUT2D eigenvalue weighted by molar-refractivity contribution is 5.37. The first-order valence-corrected chi connectivity index (χ1v) is 7.33. The Balaban J connectivity index is 1.83. The van der Waals surface area contributed by atoms with Gasteiger partial charge in [0.05, 0.1) is 0 Å². The Morgan fingerprint density at radius 1 is 1.00 bits per heavy atom. The van der Waals surface area contributed by atoms with Crippen molar-refractivity contribution in [1.29, 1.82) is 0 Å². The standard InChI is InChI=1S/C15H23N3/c1-10-3-5-12(6-4-10)15-17-13(11-7-8-11)9-14(16-2)18-15/h9-12H,3-8H2,1-2H3,(H,16,17,18). The van der Waals surface area contributed by atoms with Gasteiger partial charge in [0, 0.05) is 30.6 Å². The summed E-state index contributed by atoms with van der Waals surface area (Å²) in [5.74, 6) is 4.28. The average Bonchev–Trinajstić information content (AvgIpc) is 3.23. The van der Waals surface area contributed by atoms with Crippen molar-refractivity contribution in [2.45, 2.75) is 57.3 Å². The Bertz CT molecular complexity index is 418. The van der Waals surface area contributed by atoms with E-state index in [9.17, 15) is 0 Å². The van der Waals surface area contributed by atoms with Crippen LogP contribution in [0.15, 0.2) is 6.07 Å². The number of aromatic nitrogens is 2. The Kier molecular flexibility index (Phi) is 3.23. The van der Waals surface area contributed by atoms with E-state index in [4.69, 9.17) is 4.98 Å². The van der Waals surface area contributed by atoms with E-state index >= 15 is 0 Å². The number of anilines is 1. The Hall–Kier alpha value is -1.12. The van der Waals surface area contributed by atoms with Crippen LogP contribution in [0.4, 0.5) is 5.82 Å². The second-order valence-corrected chi connectivity index (χ2v) is 6.02. The van der Waals surface area contributed by atoms with E-state index < -0.39 is 0 Å². The van der Waals surface area contributed by atoms with Gasteiger partial charge in [-0.05, 0) is 31.6 Å². The molecule has 2 fully saturated rings. The van der Waals surface area contributed by atoms with E-state index in [1.807, 2.05) is 7.05 Å². The second kappa shape index (κ2) is 4.87. The molecule has 0 aromatic carbocycles. The topological polar surface area (TPSA) is 37.8 Å². The molecule has 2 aliphatic carbocycles. The molecule has 0 bridgehead atoms. The first-order valence-electron chi connectivity index (χ1n) is 7.33. The van der Waals surface area contributed by atoms with Gasteiger partial charge in [-0.3, -0.25) is 0 Å². The highest BCUT2D eigenvalue weighted by atomic mass is 15.0. The molecule has 0 amide bonds. The lowest BCUT2D eigenvalue weighted by atomic mass is 9.82. The first kappa shape index (κ1) is 11.9. The summed E-state index contributed by atoms with van der Waals surface area (Å²) in [5, 5.41) is 3.19. The van der Waals surface area contributed by atoms with Crippen LogP contribution < -0.4 is 5.32 Å². The summed E-state index contributed by atoms with van der Waals surface area (Å²) in [7, 11) is 1.95. The number of nitrogens with zero attached hydrogens (tertiary/aromatic N) is 2. The molecule has 3 heteroatoms. The average molecular weight is 245 g/mol. The maximum atomic E-state index is 4.84. The van der Waals surface area contributed by atoms with Gasteiger partial charge >= 0.3 is 0 Å². The summed E-state index contributed by atoms with van der Waals surface area (Å²) >= 11 is 0. The predicted octanol–water partition coefficient (Wildman–Crippen LogP) is 3.69. The molecule has 2 saturated carbocycles. The van der Waals surface area contributed by atoms with Crippen molar-refractivity contribution >= 4 is 5.82 Å². The van der Waals surface area contributed by atoms with Crippen molar-refractivity contribution in [2.24, 2.45) is 5.92 Å². The summed E-state index contributed by atoms with van der Waals surface area (Å²) in [5.41, 5.74) is 1.27. The molecular weight excluding hydrogens is 222 g/mol. The number of hydrogen-bond donors (Lipinski definition) is 1. The minimum Gasteiger partial charge on any atom is -0.373 e. The fourth-order valence-electron chi connectivity index (χ4n) is 2.90. The lowest BCUT2D eigenvalue weighted by molar-refractivity contribution is 0.339. The van der Waals surface area contributed by atoms with Crippen LogP contribution in [0.5, 0.6) is 0 Å². The van der Waals surface area contributed by atoms with Crippen LogP contribution in [0.3, 0.4) is 0 Å². The maximum Gasteiger partial charge on any atom is 0.134 e. The van der Waals surface area contributed by atoms with Crippen LogP contribution in [-0.4, -0.2) is 17.0 Å². The molecule has 2 aliphatic rings. The fraction of sp³-hybridized carbons (Fsp3) is 0.733. The van der Waals surface area contributed by atoms with Gasteiger partial charge in [-0.1, -0.05) is 19.8 Å². The van der Waals surface area contributed by atoms with Gasteiger partial charge in [0.25, 0.3) is 0 Å². The van der Waals surface area contributed by atoms with Gasteiger partial charge in [0.2, 0.25) is 0 Å². The Labute approximate surface area is 109 Å². The lowest BCUT2D eigenvalue weighted by Crippen LogP contribution is -2.15. The van der Waals surface area contributed by atoms with Gasteiger partial charge in [-0.2, -0.15) is 0 Å². The van der Waals surface area contributed by atoms with Crippen LogP contribution >= 0.6 is 0 Å². The number of rotatable bonds is 3. The van der Waals surface area contributed by atoms with Crippen LogP contribution in [-0.2, 0) is 0 Å². The minimum atomic E-state index is 0.590. The van der Waals surface area contributed by atoms with E-state index in [-0.39, 0.29) is 0 Å². The van der Waals surface area contributed by atoms with Gasteiger partial charge < -0.3 is 5.32 Å². The Morgan fingerprint density at radius 3 is 2.28 bits per heavy atom. The van der Waals surface area contributed by atoms with E-state index in [0.717, 1.165) is 17.6 Å². The molecule has 3 nitrogen and oxygen atoms in total. The zero-order chi connectivity index (χ0) is 12.5. The number of nitrogens with one attached hydrogen (secondary N) is 1. The molecule has 0 saturated heterocycles. The molecule has 1 aromatic heterocycles. The molecule has 0 aliphatic heterocycles. The lowest BCUT2D eigenvalue weighted by Gasteiger charge is -2.25. The minimum absolute atomic E-state index is 0.590. The normalized spacial score (nSPS) is 28.1. The van der Waals surface area contributed by atoms with Crippen molar-refractivity contribution < 1.29 is 0 Å². The Morgan fingerprint density at radius 2 is 1.67 bits per heavy atom. The highest BCUT2D eigenvalue weighted by Crippen LogP contribution is 2.41. The van der Waals surface area contributed by atoms with Crippen molar-refractivity contribution in [2.75, 3.05) is 12.4 Å². The van der Waals surface area contributed by atoms with Crippen LogP contribution in [0.25, 0.3) is 0 Å². The molecular formula is C15H23N3. The molecule has 0 unspecified atom stereocenters. The molecule has 98 valence electrons. The molecule has 0 atom stereocenters. The third-order valence-electron chi connectivity index (χ3n) is 4.40. The third kappa shape index (κ3) is 2.50. The van der Waals surface area contributed by atoms with Crippen molar-refractivity contribution in [3.05, 3.63) is 17.6 Å². The van der Waals surface area contributed by atoms with E-state index in [1.54, 1.807) is 0 Å². The summed E-state index contributed by atoms with van der Waals surface area (Å²) in [6.07, 6.45) is 7.80. The molecule has 1 heterocycles. The SMILES string of the molecule is CNc1cc(C2CC2)nc(C2CCC(C)CC2)n1.